The molecule has 2 fully saturated rings. The summed E-state index contributed by atoms with van der Waals surface area (Å²) >= 11 is 0. The highest BCUT2D eigenvalue weighted by atomic mass is 16.5. The second kappa shape index (κ2) is 3.87. The average Bonchev–Trinajstić information content (AvgIpc) is 2.23. The fourth-order valence-corrected chi connectivity index (χ4v) is 2.34. The minimum atomic E-state index is -0.146. The van der Waals surface area contributed by atoms with E-state index in [4.69, 9.17) is 9.47 Å². The molecular weight excluding hydrogens is 182 g/mol. The largest absolute Gasteiger partial charge is 0.381 e. The smallest absolute Gasteiger partial charge is 0.246 e. The summed E-state index contributed by atoms with van der Waals surface area (Å²) in [5.74, 6) is -0.00448. The van der Waals surface area contributed by atoms with E-state index in [0.29, 0.717) is 12.6 Å². The molecule has 1 N–H and O–H groups in total. The lowest BCUT2D eigenvalue weighted by atomic mass is 9.82. The van der Waals surface area contributed by atoms with Crippen LogP contribution < -0.4 is 5.32 Å². The minimum Gasteiger partial charge on any atom is -0.381 e. The molecule has 14 heavy (non-hydrogen) atoms. The molecular formula is C10H17NO3. The maximum absolute atomic E-state index is 11.0. The van der Waals surface area contributed by atoms with E-state index in [2.05, 4.69) is 5.32 Å². The Morgan fingerprint density at radius 2 is 2.50 bits per heavy atom. The van der Waals surface area contributed by atoms with Gasteiger partial charge in [-0.05, 0) is 19.3 Å². The molecule has 1 spiro atoms. The van der Waals surface area contributed by atoms with E-state index in [0.717, 1.165) is 25.7 Å². The Labute approximate surface area is 84.0 Å². The molecule has 4 nitrogen and oxygen atoms in total. The fraction of sp³-hybridized carbons (Fsp3) is 0.900. The third-order valence-electron chi connectivity index (χ3n) is 3.21. The second-order valence-corrected chi connectivity index (χ2v) is 4.20. The lowest BCUT2D eigenvalue weighted by Gasteiger charge is -2.42. The third-order valence-corrected chi connectivity index (χ3v) is 3.21. The SMILES string of the molecule is COC1CCCC2(CNC(=O)CO2)C1. The molecule has 1 amide bonds. The Balaban J connectivity index is 1.97. The summed E-state index contributed by atoms with van der Waals surface area (Å²) in [4.78, 5) is 11.0. The highest BCUT2D eigenvalue weighted by Gasteiger charge is 2.40. The van der Waals surface area contributed by atoms with E-state index in [9.17, 15) is 4.79 Å². The number of hydrogen-bond donors (Lipinski definition) is 1. The van der Waals surface area contributed by atoms with Crippen LogP contribution in [-0.2, 0) is 14.3 Å². The van der Waals surface area contributed by atoms with Gasteiger partial charge in [0.15, 0.2) is 0 Å². The second-order valence-electron chi connectivity index (χ2n) is 4.20. The Morgan fingerprint density at radius 3 is 3.14 bits per heavy atom. The van der Waals surface area contributed by atoms with E-state index in [-0.39, 0.29) is 18.1 Å². The number of methoxy groups -OCH3 is 1. The van der Waals surface area contributed by atoms with E-state index in [1.807, 2.05) is 0 Å². The van der Waals surface area contributed by atoms with Crippen molar-refractivity contribution in [1.82, 2.24) is 5.32 Å². The third kappa shape index (κ3) is 1.91. The first-order valence-electron chi connectivity index (χ1n) is 5.18. The quantitative estimate of drug-likeness (QED) is 0.667. The average molecular weight is 199 g/mol. The first kappa shape index (κ1) is 9.93. The number of nitrogens with one attached hydrogen (secondary N) is 1. The van der Waals surface area contributed by atoms with E-state index < -0.39 is 0 Å². The molecule has 0 radical (unpaired) electrons. The summed E-state index contributed by atoms with van der Waals surface area (Å²) in [5, 5.41) is 2.87. The lowest BCUT2D eigenvalue weighted by Crippen LogP contribution is -2.55. The Hall–Kier alpha value is -0.610. The number of carbonyl (C=O) groups excluding carboxylic acids is 1. The van der Waals surface area contributed by atoms with Gasteiger partial charge < -0.3 is 14.8 Å². The zero-order valence-corrected chi connectivity index (χ0v) is 8.54. The minimum absolute atomic E-state index is 0.00448. The standard InChI is InChI=1S/C10H17NO3/c1-13-8-3-2-4-10(5-8)7-11-9(12)6-14-10/h8H,2-7H2,1H3,(H,11,12). The van der Waals surface area contributed by atoms with Crippen molar-refractivity contribution in [3.8, 4) is 0 Å². The van der Waals surface area contributed by atoms with E-state index in [1.54, 1.807) is 7.11 Å². The van der Waals surface area contributed by atoms with Crippen molar-refractivity contribution in [3.63, 3.8) is 0 Å². The summed E-state index contributed by atoms with van der Waals surface area (Å²) < 4.78 is 11.0. The number of carbonyl (C=O) groups is 1. The van der Waals surface area contributed by atoms with Crippen LogP contribution >= 0.6 is 0 Å². The van der Waals surface area contributed by atoms with Gasteiger partial charge in [0.1, 0.15) is 6.61 Å². The van der Waals surface area contributed by atoms with Crippen molar-refractivity contribution in [2.24, 2.45) is 0 Å². The van der Waals surface area contributed by atoms with Crippen LogP contribution in [0.3, 0.4) is 0 Å². The van der Waals surface area contributed by atoms with Gasteiger partial charge in [0.25, 0.3) is 0 Å². The van der Waals surface area contributed by atoms with Crippen LogP contribution in [0.5, 0.6) is 0 Å². The lowest BCUT2D eigenvalue weighted by molar-refractivity contribution is -0.155. The van der Waals surface area contributed by atoms with Gasteiger partial charge in [0, 0.05) is 20.1 Å². The van der Waals surface area contributed by atoms with Gasteiger partial charge in [-0.15, -0.1) is 0 Å². The van der Waals surface area contributed by atoms with Crippen molar-refractivity contribution < 1.29 is 14.3 Å². The van der Waals surface area contributed by atoms with Crippen molar-refractivity contribution in [2.45, 2.75) is 37.4 Å². The highest BCUT2D eigenvalue weighted by Crippen LogP contribution is 2.33. The summed E-state index contributed by atoms with van der Waals surface area (Å²) in [7, 11) is 1.74. The molecule has 0 aromatic carbocycles. The zero-order chi connectivity index (χ0) is 10.0. The molecule has 2 rings (SSSR count). The predicted octanol–water partition coefficient (Wildman–Crippen LogP) is 0.461. The Bertz CT molecular complexity index is 219. The predicted molar refractivity (Wildman–Crippen MR) is 51.0 cm³/mol. The summed E-state index contributed by atoms with van der Waals surface area (Å²) in [5.41, 5.74) is -0.146. The van der Waals surface area contributed by atoms with Gasteiger partial charge in [-0.25, -0.2) is 0 Å². The van der Waals surface area contributed by atoms with Crippen molar-refractivity contribution >= 4 is 5.91 Å². The van der Waals surface area contributed by atoms with Crippen LogP contribution in [0.4, 0.5) is 0 Å². The van der Waals surface area contributed by atoms with E-state index >= 15 is 0 Å². The zero-order valence-electron chi connectivity index (χ0n) is 8.54. The molecule has 2 atom stereocenters. The van der Waals surface area contributed by atoms with Crippen LogP contribution in [0.25, 0.3) is 0 Å². The van der Waals surface area contributed by atoms with Gasteiger partial charge in [-0.1, -0.05) is 0 Å². The number of ether oxygens (including phenoxy) is 2. The highest BCUT2D eigenvalue weighted by molar-refractivity contribution is 5.78. The van der Waals surface area contributed by atoms with Gasteiger partial charge in [-0.2, -0.15) is 0 Å². The topological polar surface area (TPSA) is 47.6 Å². The van der Waals surface area contributed by atoms with Gasteiger partial charge in [0.05, 0.1) is 11.7 Å². The maximum Gasteiger partial charge on any atom is 0.246 e. The van der Waals surface area contributed by atoms with E-state index in [1.165, 1.54) is 0 Å². The Kier molecular flexibility index (Phi) is 2.74. The summed E-state index contributed by atoms with van der Waals surface area (Å²) in [6.45, 7) is 0.849. The van der Waals surface area contributed by atoms with Crippen LogP contribution in [0.15, 0.2) is 0 Å². The molecule has 80 valence electrons. The molecule has 2 aliphatic rings. The summed E-state index contributed by atoms with van der Waals surface area (Å²) in [6.07, 6.45) is 4.46. The summed E-state index contributed by atoms with van der Waals surface area (Å²) in [6, 6.07) is 0. The van der Waals surface area contributed by atoms with Gasteiger partial charge in [-0.3, -0.25) is 4.79 Å². The normalized spacial score (nSPS) is 38.4. The van der Waals surface area contributed by atoms with Gasteiger partial charge in [0.2, 0.25) is 5.91 Å². The molecule has 1 aliphatic carbocycles. The maximum atomic E-state index is 11.0. The molecule has 0 bridgehead atoms. The number of amides is 1. The van der Waals surface area contributed by atoms with Gasteiger partial charge >= 0.3 is 0 Å². The molecule has 1 aliphatic heterocycles. The number of hydrogen-bond acceptors (Lipinski definition) is 3. The molecule has 1 heterocycles. The van der Waals surface area contributed by atoms with Crippen molar-refractivity contribution in [1.29, 1.82) is 0 Å². The van der Waals surface area contributed by atoms with Crippen LogP contribution in [0, 0.1) is 0 Å². The number of morpholine rings is 1. The first-order chi connectivity index (χ1) is 6.74. The molecule has 2 unspecified atom stereocenters. The van der Waals surface area contributed by atoms with Crippen molar-refractivity contribution in [3.05, 3.63) is 0 Å². The van der Waals surface area contributed by atoms with Crippen molar-refractivity contribution in [2.75, 3.05) is 20.3 Å². The molecule has 0 aromatic heterocycles. The van der Waals surface area contributed by atoms with Crippen LogP contribution in [0.1, 0.15) is 25.7 Å². The molecule has 0 aromatic rings. The Morgan fingerprint density at radius 1 is 1.64 bits per heavy atom. The molecule has 1 saturated heterocycles. The van der Waals surface area contributed by atoms with Crippen LogP contribution in [-0.4, -0.2) is 37.9 Å². The first-order valence-corrected chi connectivity index (χ1v) is 5.18. The number of rotatable bonds is 1. The fourth-order valence-electron chi connectivity index (χ4n) is 2.34. The van der Waals surface area contributed by atoms with Crippen LogP contribution in [0.2, 0.25) is 0 Å². The monoisotopic (exact) mass is 199 g/mol. The molecule has 4 heteroatoms. The molecule has 1 saturated carbocycles.